The average Bonchev–Trinajstić information content (AvgIpc) is 2.62. The third-order valence-electron chi connectivity index (χ3n) is 4.98. The minimum absolute atomic E-state index is 0.0432. The predicted molar refractivity (Wildman–Crippen MR) is 105 cm³/mol. The molecular weight excluding hydrogens is 328 g/mol. The summed E-state index contributed by atoms with van der Waals surface area (Å²) in [5, 5.41) is 3.04. The van der Waals surface area contributed by atoms with E-state index in [1.807, 2.05) is 13.0 Å². The number of hydrogen-bond donors (Lipinski definition) is 1. The molecule has 1 fully saturated rings. The number of nitrogens with one attached hydrogen (secondary N) is 1. The van der Waals surface area contributed by atoms with Gasteiger partial charge in [-0.3, -0.25) is 4.79 Å². The second kappa shape index (κ2) is 9.91. The van der Waals surface area contributed by atoms with E-state index in [0.29, 0.717) is 30.7 Å². The normalized spacial score (nSPS) is 22.8. The number of carbonyl (C=O) groups excluding carboxylic acids is 1. The van der Waals surface area contributed by atoms with Crippen molar-refractivity contribution in [3.8, 4) is 5.88 Å². The molecule has 1 amide bonds. The molecule has 0 bridgehead atoms. The minimum Gasteiger partial charge on any atom is -0.477 e. The Morgan fingerprint density at radius 3 is 2.81 bits per heavy atom. The molecule has 1 aliphatic carbocycles. The van der Waals surface area contributed by atoms with Crippen LogP contribution in [0.25, 0.3) is 0 Å². The highest BCUT2D eigenvalue weighted by molar-refractivity contribution is 5.97. The average molecular weight is 363 g/mol. The molecule has 2 unspecified atom stereocenters. The third kappa shape index (κ3) is 5.44. The molecule has 0 saturated heterocycles. The molecule has 1 heterocycles. The number of hydrogen-bond acceptors (Lipinski definition) is 4. The van der Waals surface area contributed by atoms with Gasteiger partial charge in [-0.15, -0.1) is 0 Å². The van der Waals surface area contributed by atoms with E-state index in [0.717, 1.165) is 50.5 Å². The van der Waals surface area contributed by atoms with E-state index >= 15 is 0 Å². The van der Waals surface area contributed by atoms with Crippen LogP contribution in [0.3, 0.4) is 0 Å². The van der Waals surface area contributed by atoms with E-state index in [4.69, 9.17) is 9.47 Å². The monoisotopic (exact) mass is 362 g/mol. The van der Waals surface area contributed by atoms with Crippen molar-refractivity contribution >= 4 is 11.6 Å². The number of pyridine rings is 1. The summed E-state index contributed by atoms with van der Waals surface area (Å²) in [6.45, 7) is 9.64. The minimum atomic E-state index is -0.710. The standard InChI is InChI=1S/C21H34N2O3/c1-5-7-12-25-19-17(4)13-18(15-22-19)23-20(24)21(26-11-6-2)10-8-9-16(3)14-21/h13,15-16H,5-12,14H2,1-4H3,(H,23,24). The molecule has 1 aromatic rings. The zero-order valence-electron chi connectivity index (χ0n) is 16.8. The van der Waals surface area contributed by atoms with Crippen LogP contribution < -0.4 is 10.1 Å². The van der Waals surface area contributed by atoms with Crippen molar-refractivity contribution in [2.24, 2.45) is 5.92 Å². The van der Waals surface area contributed by atoms with Gasteiger partial charge in [-0.25, -0.2) is 4.98 Å². The van der Waals surface area contributed by atoms with E-state index in [9.17, 15) is 4.79 Å². The number of rotatable bonds is 9. The van der Waals surface area contributed by atoms with Crippen LogP contribution in [0.1, 0.15) is 71.3 Å². The molecule has 26 heavy (non-hydrogen) atoms. The summed E-state index contributed by atoms with van der Waals surface area (Å²) in [5.74, 6) is 1.10. The third-order valence-corrected chi connectivity index (χ3v) is 4.98. The molecule has 2 atom stereocenters. The topological polar surface area (TPSA) is 60.5 Å². The van der Waals surface area contributed by atoms with Gasteiger partial charge in [-0.05, 0) is 51.0 Å². The van der Waals surface area contributed by atoms with Crippen molar-refractivity contribution in [1.82, 2.24) is 4.98 Å². The Morgan fingerprint density at radius 1 is 1.35 bits per heavy atom. The molecule has 146 valence electrons. The largest absolute Gasteiger partial charge is 0.477 e. The van der Waals surface area contributed by atoms with Gasteiger partial charge >= 0.3 is 0 Å². The molecule has 1 N–H and O–H groups in total. The van der Waals surface area contributed by atoms with E-state index in [1.54, 1.807) is 6.20 Å². The molecule has 1 aromatic heterocycles. The van der Waals surface area contributed by atoms with Crippen LogP contribution in [-0.2, 0) is 9.53 Å². The lowest BCUT2D eigenvalue weighted by Crippen LogP contribution is -2.48. The Hall–Kier alpha value is -1.62. The Labute approximate surface area is 157 Å². The Kier molecular flexibility index (Phi) is 7.88. The fraction of sp³-hybridized carbons (Fsp3) is 0.714. The molecule has 5 nitrogen and oxygen atoms in total. The van der Waals surface area contributed by atoms with Crippen LogP contribution in [0, 0.1) is 12.8 Å². The summed E-state index contributed by atoms with van der Waals surface area (Å²) in [5.41, 5.74) is 0.921. The quantitative estimate of drug-likeness (QED) is 0.636. The Balaban J connectivity index is 2.07. The van der Waals surface area contributed by atoms with Crippen molar-refractivity contribution in [2.75, 3.05) is 18.5 Å². The Bertz CT molecular complexity index is 591. The number of amides is 1. The fourth-order valence-corrected chi connectivity index (χ4v) is 3.54. The lowest BCUT2D eigenvalue weighted by atomic mass is 9.78. The number of ether oxygens (including phenoxy) is 2. The van der Waals surface area contributed by atoms with Gasteiger partial charge in [-0.2, -0.15) is 0 Å². The van der Waals surface area contributed by atoms with Crippen molar-refractivity contribution in [3.05, 3.63) is 17.8 Å². The summed E-state index contributed by atoms with van der Waals surface area (Å²) in [6.07, 6.45) is 8.44. The van der Waals surface area contributed by atoms with Gasteiger partial charge in [-0.1, -0.05) is 33.6 Å². The first kappa shape index (κ1) is 20.7. The molecular formula is C21H34N2O3. The van der Waals surface area contributed by atoms with Crippen LogP contribution in [-0.4, -0.2) is 29.7 Å². The van der Waals surface area contributed by atoms with Crippen LogP contribution in [0.4, 0.5) is 5.69 Å². The van der Waals surface area contributed by atoms with E-state index < -0.39 is 5.60 Å². The number of unbranched alkanes of at least 4 members (excludes halogenated alkanes) is 1. The zero-order chi connectivity index (χ0) is 19.0. The maximum atomic E-state index is 13.1. The molecule has 2 rings (SSSR count). The summed E-state index contributed by atoms with van der Waals surface area (Å²) in [7, 11) is 0. The second-order valence-corrected chi connectivity index (χ2v) is 7.55. The van der Waals surface area contributed by atoms with Crippen LogP contribution in [0.2, 0.25) is 0 Å². The van der Waals surface area contributed by atoms with Crippen LogP contribution in [0.5, 0.6) is 5.88 Å². The number of aromatic nitrogens is 1. The highest BCUT2D eigenvalue weighted by atomic mass is 16.5. The van der Waals surface area contributed by atoms with Gasteiger partial charge in [0.15, 0.2) is 0 Å². The van der Waals surface area contributed by atoms with Crippen LogP contribution in [0.15, 0.2) is 12.3 Å². The number of nitrogens with zero attached hydrogens (tertiary/aromatic N) is 1. The lowest BCUT2D eigenvalue weighted by Gasteiger charge is -2.38. The van der Waals surface area contributed by atoms with Gasteiger partial charge < -0.3 is 14.8 Å². The van der Waals surface area contributed by atoms with Gasteiger partial charge in [0.25, 0.3) is 5.91 Å². The van der Waals surface area contributed by atoms with Crippen molar-refractivity contribution in [1.29, 1.82) is 0 Å². The molecule has 0 radical (unpaired) electrons. The number of carbonyl (C=O) groups is 1. The highest BCUT2D eigenvalue weighted by Gasteiger charge is 2.42. The van der Waals surface area contributed by atoms with Crippen LogP contribution >= 0.6 is 0 Å². The molecule has 1 aliphatic rings. The summed E-state index contributed by atoms with van der Waals surface area (Å²) in [6, 6.07) is 1.92. The maximum absolute atomic E-state index is 13.1. The van der Waals surface area contributed by atoms with E-state index in [2.05, 4.69) is 31.1 Å². The number of anilines is 1. The number of aryl methyl sites for hydroxylation is 1. The first-order chi connectivity index (χ1) is 12.5. The predicted octanol–water partition coefficient (Wildman–Crippen LogP) is 4.88. The van der Waals surface area contributed by atoms with Gasteiger partial charge in [0.05, 0.1) is 18.5 Å². The maximum Gasteiger partial charge on any atom is 0.256 e. The smallest absolute Gasteiger partial charge is 0.256 e. The fourth-order valence-electron chi connectivity index (χ4n) is 3.54. The SMILES string of the molecule is CCCCOc1ncc(NC(=O)C2(OCCC)CCCC(C)C2)cc1C. The first-order valence-corrected chi connectivity index (χ1v) is 10.1. The van der Waals surface area contributed by atoms with Gasteiger partial charge in [0.1, 0.15) is 5.60 Å². The van der Waals surface area contributed by atoms with Crippen molar-refractivity contribution in [3.63, 3.8) is 0 Å². The van der Waals surface area contributed by atoms with E-state index in [1.165, 1.54) is 0 Å². The summed E-state index contributed by atoms with van der Waals surface area (Å²) < 4.78 is 11.8. The van der Waals surface area contributed by atoms with Crippen molar-refractivity contribution in [2.45, 2.75) is 78.2 Å². The lowest BCUT2D eigenvalue weighted by molar-refractivity contribution is -0.148. The van der Waals surface area contributed by atoms with Crippen molar-refractivity contribution < 1.29 is 14.3 Å². The molecule has 0 aromatic carbocycles. The molecule has 5 heteroatoms. The Morgan fingerprint density at radius 2 is 2.15 bits per heavy atom. The summed E-state index contributed by atoms with van der Waals surface area (Å²) in [4.78, 5) is 17.4. The molecule has 0 aliphatic heterocycles. The van der Waals surface area contributed by atoms with E-state index in [-0.39, 0.29) is 5.91 Å². The molecule has 1 saturated carbocycles. The van der Waals surface area contributed by atoms with Gasteiger partial charge in [0.2, 0.25) is 5.88 Å². The first-order valence-electron chi connectivity index (χ1n) is 10.1. The zero-order valence-corrected chi connectivity index (χ0v) is 16.8. The summed E-state index contributed by atoms with van der Waals surface area (Å²) >= 11 is 0. The second-order valence-electron chi connectivity index (χ2n) is 7.55. The van der Waals surface area contributed by atoms with Gasteiger partial charge in [0, 0.05) is 12.2 Å². The highest BCUT2D eigenvalue weighted by Crippen LogP contribution is 2.36. The molecule has 0 spiro atoms.